The quantitative estimate of drug-likeness (QED) is 0.207. The second-order valence-corrected chi connectivity index (χ2v) is 12.4. The van der Waals surface area contributed by atoms with Crippen LogP contribution in [0.1, 0.15) is 21.9 Å². The van der Waals surface area contributed by atoms with Crippen LogP contribution in [0.15, 0.2) is 82.6 Å². The van der Waals surface area contributed by atoms with Gasteiger partial charge in [-0.25, -0.2) is 9.29 Å². The Morgan fingerprint density at radius 1 is 0.930 bits per heavy atom. The molecule has 1 fully saturated rings. The third kappa shape index (κ3) is 5.25. The summed E-state index contributed by atoms with van der Waals surface area (Å²) < 4.78 is 56.7. The van der Waals surface area contributed by atoms with Gasteiger partial charge in [-0.05, 0) is 54.1 Å². The number of benzene rings is 3. The Labute approximate surface area is 254 Å². The lowest BCUT2D eigenvalue weighted by atomic mass is 9.83. The molecule has 2 unspecified atom stereocenters. The van der Waals surface area contributed by atoms with Crippen LogP contribution < -0.4 is 15.1 Å². The lowest BCUT2D eigenvalue weighted by molar-refractivity contribution is -0.137. The minimum Gasteiger partial charge on any atom is -0.325 e. The first kappa shape index (κ1) is 29.1. The lowest BCUT2D eigenvalue weighted by Crippen LogP contribution is -2.33. The number of imide groups is 1. The number of hydrogen-bond donors (Lipinski definition) is 1. The lowest BCUT2D eigenvalue weighted by Gasteiger charge is -2.30. The number of thioether (sulfide) groups is 1. The average Bonchev–Trinajstić information content (AvgIpc) is 3.40. The molecule has 2 aliphatic rings. The number of halogens is 5. The van der Waals surface area contributed by atoms with Crippen LogP contribution in [0.3, 0.4) is 0 Å². The van der Waals surface area contributed by atoms with Gasteiger partial charge in [0.2, 0.25) is 17.7 Å². The van der Waals surface area contributed by atoms with Gasteiger partial charge in [-0.15, -0.1) is 0 Å². The Morgan fingerprint density at radius 2 is 1.60 bits per heavy atom. The number of hydrogen-bond acceptors (Lipinski definition) is 6. The van der Waals surface area contributed by atoms with Gasteiger partial charge in [0.1, 0.15) is 17.6 Å². The molecule has 1 N–H and O–H groups in total. The first-order valence-electron chi connectivity index (χ1n) is 12.7. The molecule has 7 nitrogen and oxygen atoms in total. The van der Waals surface area contributed by atoms with Crippen molar-refractivity contribution in [1.82, 2.24) is 4.57 Å². The Hall–Kier alpha value is -3.94. The Balaban J connectivity index is 1.43. The van der Waals surface area contributed by atoms with Gasteiger partial charge in [-0.2, -0.15) is 13.2 Å². The fourth-order valence-electron chi connectivity index (χ4n) is 5.31. The second-order valence-electron chi connectivity index (χ2n) is 9.80. The Kier molecular flexibility index (Phi) is 7.43. The molecule has 3 amide bonds. The number of rotatable bonds is 5. The number of para-hydroxylation sites is 1. The summed E-state index contributed by atoms with van der Waals surface area (Å²) >= 11 is 7.52. The zero-order valence-electron chi connectivity index (χ0n) is 21.6. The normalized spacial score (nSPS) is 19.7. The molecule has 220 valence electrons. The fraction of sp³-hybridized carbons (Fsp3) is 0.172. The number of anilines is 2. The maximum absolute atomic E-state index is 13.9. The number of amides is 3. The second kappa shape index (κ2) is 11.0. The van der Waals surface area contributed by atoms with Crippen LogP contribution in [-0.2, 0) is 27.1 Å². The summed E-state index contributed by atoms with van der Waals surface area (Å²) in [7, 11) is 0. The molecule has 3 atom stereocenters. The Bertz CT molecular complexity index is 1820. The van der Waals surface area contributed by atoms with E-state index in [9.17, 15) is 36.7 Å². The van der Waals surface area contributed by atoms with Crippen molar-refractivity contribution in [2.75, 3.05) is 10.2 Å². The van der Waals surface area contributed by atoms with Gasteiger partial charge in [-0.1, -0.05) is 59.0 Å². The van der Waals surface area contributed by atoms with Crippen LogP contribution in [-0.4, -0.2) is 27.5 Å². The molecule has 6 rings (SSSR count). The van der Waals surface area contributed by atoms with E-state index in [0.717, 1.165) is 53.4 Å². The highest BCUT2D eigenvalue weighted by atomic mass is 35.5. The van der Waals surface area contributed by atoms with E-state index >= 15 is 0 Å². The van der Waals surface area contributed by atoms with E-state index in [2.05, 4.69) is 5.32 Å². The van der Waals surface area contributed by atoms with Gasteiger partial charge >= 0.3 is 11.0 Å². The molecule has 1 aromatic heterocycles. The first-order valence-corrected chi connectivity index (χ1v) is 14.8. The molecule has 1 saturated heterocycles. The summed E-state index contributed by atoms with van der Waals surface area (Å²) in [6, 6.07) is 15.7. The first-order chi connectivity index (χ1) is 20.4. The van der Waals surface area contributed by atoms with Crippen LogP contribution in [0.2, 0.25) is 5.02 Å². The molecule has 0 saturated carbocycles. The zero-order chi connectivity index (χ0) is 30.6. The monoisotopic (exact) mass is 647 g/mol. The smallest absolute Gasteiger partial charge is 0.325 e. The van der Waals surface area contributed by atoms with Gasteiger partial charge in [0.05, 0.1) is 22.2 Å². The van der Waals surface area contributed by atoms with Crippen LogP contribution in [0.25, 0.3) is 0 Å². The number of aromatic nitrogens is 1. The fourth-order valence-corrected chi connectivity index (χ4v) is 8.21. The molecule has 3 aromatic carbocycles. The number of nitrogens with one attached hydrogen (secondary N) is 1. The van der Waals surface area contributed by atoms with E-state index in [1.807, 2.05) is 0 Å². The van der Waals surface area contributed by atoms with Gasteiger partial charge < -0.3 is 5.32 Å². The molecule has 14 heteroatoms. The third-order valence-corrected chi connectivity index (χ3v) is 10.0. The van der Waals surface area contributed by atoms with Crippen molar-refractivity contribution in [2.45, 2.75) is 28.9 Å². The number of alkyl halides is 3. The summed E-state index contributed by atoms with van der Waals surface area (Å²) in [5.41, 5.74) is -0.923. The van der Waals surface area contributed by atoms with Gasteiger partial charge in [0, 0.05) is 21.5 Å². The number of thiazole rings is 1. The summed E-state index contributed by atoms with van der Waals surface area (Å²) in [5.74, 6) is -5.02. The largest absolute Gasteiger partial charge is 0.418 e. The van der Waals surface area contributed by atoms with Gasteiger partial charge in [0.25, 0.3) is 0 Å². The molecule has 0 bridgehead atoms. The predicted octanol–water partition coefficient (Wildman–Crippen LogP) is 6.16. The summed E-state index contributed by atoms with van der Waals surface area (Å²) in [6.45, 7) is -0.434. The molecule has 43 heavy (non-hydrogen) atoms. The van der Waals surface area contributed by atoms with Crippen molar-refractivity contribution in [2.24, 2.45) is 5.92 Å². The van der Waals surface area contributed by atoms with E-state index in [0.29, 0.717) is 26.1 Å². The minimum absolute atomic E-state index is 0.240. The predicted molar refractivity (Wildman–Crippen MR) is 154 cm³/mol. The van der Waals surface area contributed by atoms with Crippen molar-refractivity contribution in [3.8, 4) is 0 Å². The van der Waals surface area contributed by atoms with Gasteiger partial charge in [0.15, 0.2) is 0 Å². The van der Waals surface area contributed by atoms with Crippen LogP contribution in [0.5, 0.6) is 0 Å². The van der Waals surface area contributed by atoms with E-state index < -0.39 is 69.5 Å². The van der Waals surface area contributed by atoms with E-state index in [-0.39, 0.29) is 5.03 Å². The van der Waals surface area contributed by atoms with Crippen molar-refractivity contribution >= 4 is 63.8 Å². The third-order valence-electron chi connectivity index (χ3n) is 7.16. The number of nitrogens with zero attached hydrogens (tertiary/aromatic N) is 2. The molecular formula is C29H18ClF4N3O4S2. The SMILES string of the molecule is O=C(Cn1c2c(sc1=O)[C@H](c1ccc(F)cc1)C1C(=O)N(c3ccccc3C(F)(F)F)C(=O)C1S2)Nc1ccc(Cl)cc1. The zero-order valence-corrected chi connectivity index (χ0v) is 24.0. The highest BCUT2D eigenvalue weighted by Gasteiger charge is 2.57. The van der Waals surface area contributed by atoms with Gasteiger partial charge in [-0.3, -0.25) is 23.7 Å². The van der Waals surface area contributed by atoms with E-state index in [4.69, 9.17) is 11.6 Å². The Morgan fingerprint density at radius 3 is 2.28 bits per heavy atom. The maximum atomic E-state index is 13.9. The molecule has 3 heterocycles. The maximum Gasteiger partial charge on any atom is 0.418 e. The highest BCUT2D eigenvalue weighted by Crippen LogP contribution is 2.54. The van der Waals surface area contributed by atoms with Crippen molar-refractivity contribution < 1.29 is 31.9 Å². The molecule has 4 aromatic rings. The topological polar surface area (TPSA) is 88.5 Å². The van der Waals surface area contributed by atoms with Crippen LogP contribution in [0.4, 0.5) is 28.9 Å². The van der Waals surface area contributed by atoms with Crippen molar-refractivity contribution in [1.29, 1.82) is 0 Å². The summed E-state index contributed by atoms with van der Waals surface area (Å²) in [6.07, 6.45) is -4.84. The van der Waals surface area contributed by atoms with Crippen molar-refractivity contribution in [3.05, 3.63) is 109 Å². The van der Waals surface area contributed by atoms with E-state index in [1.54, 1.807) is 24.3 Å². The standard InChI is InChI=1S/C29H18ClF4N3O4S2/c30-15-7-11-17(12-8-15)35-20(38)13-36-27-24(43-28(36)41)21(14-5-9-16(31)10-6-14)22-23(42-27)26(40)37(25(22)39)19-4-2-1-3-18(19)29(32,33)34/h1-12,21-23H,13H2,(H,35,38)/t21-,22?,23?/m1/s1. The van der Waals surface area contributed by atoms with Crippen molar-refractivity contribution in [3.63, 3.8) is 0 Å². The number of carbonyl (C=O) groups is 3. The minimum atomic E-state index is -4.84. The summed E-state index contributed by atoms with van der Waals surface area (Å²) in [5, 5.41) is 2.15. The van der Waals surface area contributed by atoms with E-state index in [1.165, 1.54) is 22.8 Å². The molecular weight excluding hydrogens is 630 g/mol. The average molecular weight is 648 g/mol. The summed E-state index contributed by atoms with van der Waals surface area (Å²) in [4.78, 5) is 54.1. The van der Waals surface area contributed by atoms with Crippen LogP contribution in [0, 0.1) is 11.7 Å². The molecule has 0 radical (unpaired) electrons. The highest BCUT2D eigenvalue weighted by molar-refractivity contribution is 8.00. The number of carbonyl (C=O) groups excluding carboxylic acids is 3. The molecule has 2 aliphatic heterocycles. The van der Waals surface area contributed by atoms with Crippen LogP contribution >= 0.6 is 34.7 Å². The number of fused-ring (bicyclic) bond motifs is 2. The molecule has 0 spiro atoms. The molecule has 0 aliphatic carbocycles.